The van der Waals surface area contributed by atoms with E-state index in [1.807, 2.05) is 12.1 Å². The van der Waals surface area contributed by atoms with Gasteiger partial charge < -0.3 is 10.1 Å². The molecular formula is C15H16Br3NOS. The van der Waals surface area contributed by atoms with E-state index in [1.165, 1.54) is 5.56 Å². The van der Waals surface area contributed by atoms with Crippen molar-refractivity contribution < 1.29 is 4.74 Å². The summed E-state index contributed by atoms with van der Waals surface area (Å²) in [5.74, 6) is 0.890. The van der Waals surface area contributed by atoms with Crippen LogP contribution in [0.25, 0.3) is 0 Å². The third-order valence-electron chi connectivity index (χ3n) is 3.10. The van der Waals surface area contributed by atoms with Crippen molar-refractivity contribution in [3.8, 4) is 5.75 Å². The van der Waals surface area contributed by atoms with Gasteiger partial charge in [0.25, 0.3) is 0 Å². The third-order valence-corrected chi connectivity index (χ3v) is 5.97. The number of hydrogen-bond acceptors (Lipinski definition) is 3. The molecule has 0 radical (unpaired) electrons. The molecule has 1 atom stereocenters. The van der Waals surface area contributed by atoms with E-state index in [1.54, 1.807) is 18.4 Å². The molecule has 1 aromatic carbocycles. The summed E-state index contributed by atoms with van der Waals surface area (Å²) in [5.41, 5.74) is 2.35. The molecule has 0 fully saturated rings. The Labute approximate surface area is 154 Å². The van der Waals surface area contributed by atoms with E-state index in [2.05, 4.69) is 72.2 Å². The molecule has 0 spiro atoms. The minimum absolute atomic E-state index is 0.0920. The first kappa shape index (κ1) is 17.5. The van der Waals surface area contributed by atoms with Gasteiger partial charge in [0.2, 0.25) is 0 Å². The van der Waals surface area contributed by atoms with Crippen LogP contribution in [-0.4, -0.2) is 13.7 Å². The number of nitrogens with one attached hydrogen (secondary N) is 1. The van der Waals surface area contributed by atoms with Gasteiger partial charge in [-0.2, -0.15) is 0 Å². The van der Waals surface area contributed by atoms with Crippen LogP contribution in [0.5, 0.6) is 5.75 Å². The van der Waals surface area contributed by atoms with Crippen LogP contribution in [0.15, 0.2) is 36.3 Å². The maximum absolute atomic E-state index is 5.54. The van der Waals surface area contributed by atoms with E-state index in [0.29, 0.717) is 0 Å². The van der Waals surface area contributed by atoms with Crippen molar-refractivity contribution in [1.82, 2.24) is 5.32 Å². The predicted molar refractivity (Wildman–Crippen MR) is 101 cm³/mol. The van der Waals surface area contributed by atoms with Gasteiger partial charge in [-0.3, -0.25) is 0 Å². The summed E-state index contributed by atoms with van der Waals surface area (Å²) >= 11 is 12.5. The molecule has 114 valence electrons. The molecule has 0 bridgehead atoms. The number of hydrogen-bond donors (Lipinski definition) is 1. The highest BCUT2D eigenvalue weighted by molar-refractivity contribution is 9.12. The second-order valence-corrected chi connectivity index (χ2v) is 9.22. The van der Waals surface area contributed by atoms with Gasteiger partial charge >= 0.3 is 0 Å². The molecule has 1 aromatic heterocycles. The Bertz CT molecular complexity index is 615. The summed E-state index contributed by atoms with van der Waals surface area (Å²) in [7, 11) is 1.71. The van der Waals surface area contributed by atoms with E-state index in [9.17, 15) is 0 Å². The molecule has 1 heterocycles. The molecule has 1 N–H and O–H groups in total. The number of thiophene rings is 1. The van der Waals surface area contributed by atoms with E-state index in [0.717, 1.165) is 36.3 Å². The monoisotopic (exact) mass is 495 g/mol. The SMILES string of the molecule is CCCNC(c1cc(Br)ccc1OC)c1cc(Br)sc1Br. The Kier molecular flexibility index (Phi) is 6.75. The third kappa shape index (κ3) is 4.32. The lowest BCUT2D eigenvalue weighted by Crippen LogP contribution is -2.23. The van der Waals surface area contributed by atoms with Crippen LogP contribution in [-0.2, 0) is 0 Å². The minimum atomic E-state index is 0.0920. The van der Waals surface area contributed by atoms with Crippen molar-refractivity contribution in [1.29, 1.82) is 0 Å². The molecule has 1 unspecified atom stereocenters. The summed E-state index contributed by atoms with van der Waals surface area (Å²) < 4.78 is 8.84. The Morgan fingerprint density at radius 3 is 2.52 bits per heavy atom. The molecule has 0 saturated carbocycles. The molecule has 2 aromatic rings. The molecule has 0 aliphatic carbocycles. The van der Waals surface area contributed by atoms with Crippen molar-refractivity contribution in [3.05, 3.63) is 47.4 Å². The lowest BCUT2D eigenvalue weighted by atomic mass is 10.00. The van der Waals surface area contributed by atoms with Gasteiger partial charge in [-0.25, -0.2) is 0 Å². The summed E-state index contributed by atoms with van der Waals surface area (Å²) in [4.78, 5) is 0. The number of methoxy groups -OCH3 is 1. The van der Waals surface area contributed by atoms with Gasteiger partial charge in [-0.1, -0.05) is 22.9 Å². The largest absolute Gasteiger partial charge is 0.496 e. The van der Waals surface area contributed by atoms with Crippen LogP contribution in [0.4, 0.5) is 0 Å². The summed E-state index contributed by atoms with van der Waals surface area (Å²) in [6, 6.07) is 8.36. The Balaban J connectivity index is 2.50. The Morgan fingerprint density at radius 1 is 1.19 bits per heavy atom. The quantitative estimate of drug-likeness (QED) is 0.518. The fraction of sp³-hybridized carbons (Fsp3) is 0.333. The second-order valence-electron chi connectivity index (χ2n) is 4.55. The molecule has 2 nitrogen and oxygen atoms in total. The number of rotatable bonds is 6. The van der Waals surface area contributed by atoms with Crippen LogP contribution in [0.2, 0.25) is 0 Å². The van der Waals surface area contributed by atoms with E-state index >= 15 is 0 Å². The Hall–Kier alpha value is 0.120. The average Bonchev–Trinajstić information content (AvgIpc) is 2.78. The number of ether oxygens (including phenoxy) is 1. The van der Waals surface area contributed by atoms with Crippen molar-refractivity contribution in [2.75, 3.05) is 13.7 Å². The molecule has 21 heavy (non-hydrogen) atoms. The highest BCUT2D eigenvalue weighted by atomic mass is 79.9. The van der Waals surface area contributed by atoms with E-state index in [4.69, 9.17) is 4.74 Å². The van der Waals surface area contributed by atoms with Crippen molar-refractivity contribution >= 4 is 59.1 Å². The number of benzene rings is 1. The first-order chi connectivity index (χ1) is 10.1. The van der Waals surface area contributed by atoms with Gasteiger partial charge in [0.05, 0.1) is 20.7 Å². The molecular weight excluding hydrogens is 482 g/mol. The first-order valence-corrected chi connectivity index (χ1v) is 9.78. The van der Waals surface area contributed by atoms with Crippen molar-refractivity contribution in [2.24, 2.45) is 0 Å². The zero-order valence-corrected chi connectivity index (χ0v) is 17.3. The van der Waals surface area contributed by atoms with Crippen LogP contribution in [0.1, 0.15) is 30.5 Å². The van der Waals surface area contributed by atoms with Gasteiger partial charge in [0.1, 0.15) is 5.75 Å². The fourth-order valence-corrected chi connectivity index (χ4v) is 5.44. The highest BCUT2D eigenvalue weighted by Gasteiger charge is 2.22. The van der Waals surface area contributed by atoms with E-state index in [-0.39, 0.29) is 6.04 Å². The predicted octanol–water partition coefficient (Wildman–Crippen LogP) is 6.13. The van der Waals surface area contributed by atoms with E-state index < -0.39 is 0 Å². The summed E-state index contributed by atoms with van der Waals surface area (Å²) in [6.07, 6.45) is 1.08. The topological polar surface area (TPSA) is 21.3 Å². The minimum Gasteiger partial charge on any atom is -0.496 e. The molecule has 6 heteroatoms. The molecule has 2 rings (SSSR count). The maximum Gasteiger partial charge on any atom is 0.124 e. The lowest BCUT2D eigenvalue weighted by Gasteiger charge is -2.21. The van der Waals surface area contributed by atoms with Gasteiger partial charge in [-0.05, 0) is 74.7 Å². The van der Waals surface area contributed by atoms with Crippen LogP contribution < -0.4 is 10.1 Å². The normalized spacial score (nSPS) is 12.4. The second kappa shape index (κ2) is 8.11. The molecule has 0 aliphatic rings. The van der Waals surface area contributed by atoms with Crippen molar-refractivity contribution in [2.45, 2.75) is 19.4 Å². The zero-order valence-electron chi connectivity index (χ0n) is 11.8. The average molecular weight is 498 g/mol. The smallest absolute Gasteiger partial charge is 0.124 e. The van der Waals surface area contributed by atoms with Crippen LogP contribution in [0, 0.1) is 0 Å². The van der Waals surface area contributed by atoms with Gasteiger partial charge in [-0.15, -0.1) is 11.3 Å². The summed E-state index contributed by atoms with van der Waals surface area (Å²) in [6.45, 7) is 3.11. The molecule has 0 aliphatic heterocycles. The molecule has 0 amide bonds. The summed E-state index contributed by atoms with van der Waals surface area (Å²) in [5, 5.41) is 3.61. The Morgan fingerprint density at radius 2 is 1.95 bits per heavy atom. The highest BCUT2D eigenvalue weighted by Crippen LogP contribution is 2.40. The number of halogens is 3. The van der Waals surface area contributed by atoms with Gasteiger partial charge in [0.15, 0.2) is 0 Å². The maximum atomic E-state index is 5.54. The van der Waals surface area contributed by atoms with Crippen LogP contribution in [0.3, 0.4) is 0 Å². The lowest BCUT2D eigenvalue weighted by molar-refractivity contribution is 0.403. The van der Waals surface area contributed by atoms with Gasteiger partial charge in [0, 0.05) is 10.0 Å². The van der Waals surface area contributed by atoms with Crippen LogP contribution >= 0.6 is 59.1 Å². The molecule has 0 saturated heterocycles. The zero-order chi connectivity index (χ0) is 15.4. The standard InChI is InChI=1S/C15H16Br3NOS/c1-3-6-19-14(11-8-13(17)21-15(11)18)10-7-9(16)4-5-12(10)20-2/h4-5,7-8,14,19H,3,6H2,1-2H3. The first-order valence-electron chi connectivity index (χ1n) is 6.58. The van der Waals surface area contributed by atoms with Crippen molar-refractivity contribution in [3.63, 3.8) is 0 Å². The fourth-order valence-electron chi connectivity index (χ4n) is 2.16.